The predicted octanol–water partition coefficient (Wildman–Crippen LogP) is 3.37. The van der Waals surface area contributed by atoms with Crippen LogP contribution in [0.4, 0.5) is 5.82 Å². The minimum Gasteiger partial charge on any atom is -0.389 e. The lowest BCUT2D eigenvalue weighted by atomic mass is 10.0. The first-order chi connectivity index (χ1) is 14.8. The molecule has 5 nitrogen and oxygen atoms in total. The van der Waals surface area contributed by atoms with E-state index in [1.54, 1.807) is 0 Å². The minimum atomic E-state index is -0.527. The van der Waals surface area contributed by atoms with Crippen LogP contribution in [-0.4, -0.2) is 60.4 Å². The number of rotatable bonds is 8. The summed E-state index contributed by atoms with van der Waals surface area (Å²) in [5.74, 6) is 1.02. The molecule has 4 rings (SSSR count). The van der Waals surface area contributed by atoms with Gasteiger partial charge in [0.2, 0.25) is 0 Å². The highest BCUT2D eigenvalue weighted by molar-refractivity contribution is 5.38. The third-order valence-electron chi connectivity index (χ3n) is 5.47. The van der Waals surface area contributed by atoms with Gasteiger partial charge < -0.3 is 14.7 Å². The normalized spacial score (nSPS) is 16.0. The first kappa shape index (κ1) is 20.5. The maximum atomic E-state index is 10.6. The van der Waals surface area contributed by atoms with Crippen LogP contribution in [0.1, 0.15) is 17.2 Å². The number of hydrogen-bond acceptors (Lipinski definition) is 5. The van der Waals surface area contributed by atoms with Crippen LogP contribution >= 0.6 is 0 Å². The molecule has 1 aromatic heterocycles. The van der Waals surface area contributed by atoms with Gasteiger partial charge in [-0.3, -0.25) is 4.90 Å². The van der Waals surface area contributed by atoms with Crippen molar-refractivity contribution < 1.29 is 9.84 Å². The fourth-order valence-electron chi connectivity index (χ4n) is 3.90. The highest BCUT2D eigenvalue weighted by Crippen LogP contribution is 2.26. The Morgan fingerprint density at radius 1 is 0.800 bits per heavy atom. The van der Waals surface area contributed by atoms with Gasteiger partial charge in [-0.1, -0.05) is 66.7 Å². The number of aliphatic hydroxyl groups excluding tert-OH is 1. The molecular weight excluding hydrogens is 374 g/mol. The van der Waals surface area contributed by atoms with Gasteiger partial charge in [0.25, 0.3) is 0 Å². The Balaban J connectivity index is 1.30. The molecule has 1 saturated heterocycles. The van der Waals surface area contributed by atoms with Crippen LogP contribution in [0.25, 0.3) is 0 Å². The fourth-order valence-corrected chi connectivity index (χ4v) is 3.90. The van der Waals surface area contributed by atoms with Gasteiger partial charge in [-0.15, -0.1) is 0 Å². The average molecular weight is 404 g/mol. The lowest BCUT2D eigenvalue weighted by Gasteiger charge is -2.36. The zero-order valence-corrected chi connectivity index (χ0v) is 17.2. The monoisotopic (exact) mass is 403 g/mol. The van der Waals surface area contributed by atoms with Crippen molar-refractivity contribution in [2.45, 2.75) is 12.2 Å². The molecule has 156 valence electrons. The molecule has 1 aliphatic rings. The van der Waals surface area contributed by atoms with E-state index in [2.05, 4.69) is 39.0 Å². The van der Waals surface area contributed by atoms with Gasteiger partial charge in [-0.25, -0.2) is 4.98 Å². The lowest BCUT2D eigenvalue weighted by Crippen LogP contribution is -2.49. The predicted molar refractivity (Wildman–Crippen MR) is 120 cm³/mol. The summed E-state index contributed by atoms with van der Waals surface area (Å²) in [6.07, 6.45) is 1.13. The van der Waals surface area contributed by atoms with Crippen LogP contribution in [0.3, 0.4) is 0 Å². The zero-order valence-electron chi connectivity index (χ0n) is 17.2. The van der Waals surface area contributed by atoms with Crippen molar-refractivity contribution in [1.82, 2.24) is 9.88 Å². The van der Waals surface area contributed by atoms with Gasteiger partial charge >= 0.3 is 0 Å². The van der Waals surface area contributed by atoms with Crippen LogP contribution in [0, 0.1) is 0 Å². The Morgan fingerprint density at radius 2 is 1.40 bits per heavy atom. The molecule has 0 spiro atoms. The number of aliphatic hydroxyl groups is 1. The van der Waals surface area contributed by atoms with Crippen molar-refractivity contribution in [1.29, 1.82) is 0 Å². The summed E-state index contributed by atoms with van der Waals surface area (Å²) in [6.45, 7) is 4.58. The highest BCUT2D eigenvalue weighted by Gasteiger charge is 2.21. The quantitative estimate of drug-likeness (QED) is 0.625. The molecule has 1 atom stereocenters. The number of hydrogen-bond donors (Lipinski definition) is 1. The summed E-state index contributed by atoms with van der Waals surface area (Å²) in [4.78, 5) is 9.02. The summed E-state index contributed by atoms with van der Waals surface area (Å²) < 4.78 is 6.21. The molecule has 0 bridgehead atoms. The molecule has 0 unspecified atom stereocenters. The molecule has 2 heterocycles. The molecular formula is C25H29N3O2. The Hall–Kier alpha value is -2.73. The largest absolute Gasteiger partial charge is 0.389 e. The molecule has 0 saturated carbocycles. The molecule has 3 aromatic rings. The Labute approximate surface area is 178 Å². The number of nitrogens with zero attached hydrogens (tertiary/aromatic N) is 3. The molecule has 1 fully saturated rings. The van der Waals surface area contributed by atoms with Crippen molar-refractivity contribution in [3.05, 3.63) is 96.2 Å². The smallest absolute Gasteiger partial charge is 0.128 e. The number of piperazine rings is 1. The van der Waals surface area contributed by atoms with Crippen molar-refractivity contribution in [2.24, 2.45) is 0 Å². The van der Waals surface area contributed by atoms with Gasteiger partial charge in [0.05, 0.1) is 12.7 Å². The van der Waals surface area contributed by atoms with E-state index in [0.29, 0.717) is 13.2 Å². The summed E-state index contributed by atoms with van der Waals surface area (Å²) in [5.41, 5.74) is 2.19. The molecule has 0 aliphatic carbocycles. The zero-order chi connectivity index (χ0) is 20.6. The SMILES string of the molecule is O[C@H](COC(c1ccccc1)c1ccccc1)CN1CCN(c2ccccn2)CC1. The number of β-amino-alcohol motifs (C(OH)–C–C–N with tert-alkyl or cyclic N) is 1. The highest BCUT2D eigenvalue weighted by atomic mass is 16.5. The van der Waals surface area contributed by atoms with Gasteiger partial charge in [-0.05, 0) is 23.3 Å². The van der Waals surface area contributed by atoms with E-state index in [1.165, 1.54) is 0 Å². The summed E-state index contributed by atoms with van der Waals surface area (Å²) in [5, 5.41) is 10.6. The van der Waals surface area contributed by atoms with E-state index in [-0.39, 0.29) is 6.10 Å². The maximum Gasteiger partial charge on any atom is 0.128 e. The number of aromatic nitrogens is 1. The summed E-state index contributed by atoms with van der Waals surface area (Å²) in [7, 11) is 0. The van der Waals surface area contributed by atoms with Gasteiger partial charge in [-0.2, -0.15) is 0 Å². The van der Waals surface area contributed by atoms with Crippen LogP contribution in [0.2, 0.25) is 0 Å². The van der Waals surface area contributed by atoms with Gasteiger partial charge in [0, 0.05) is 38.9 Å². The van der Waals surface area contributed by atoms with E-state index in [0.717, 1.165) is 43.1 Å². The van der Waals surface area contributed by atoms with E-state index >= 15 is 0 Å². The second-order valence-electron chi connectivity index (χ2n) is 7.66. The van der Waals surface area contributed by atoms with E-state index in [9.17, 15) is 5.11 Å². The third kappa shape index (κ3) is 5.45. The third-order valence-corrected chi connectivity index (χ3v) is 5.47. The standard InChI is InChI=1S/C25H29N3O2/c29-23(19-27-15-17-28(18-16-27)24-13-7-8-14-26-24)20-30-25(21-9-3-1-4-10-21)22-11-5-2-6-12-22/h1-14,23,25,29H,15-20H2/t23-/m0/s1. The van der Waals surface area contributed by atoms with Gasteiger partial charge in [0.1, 0.15) is 11.9 Å². The molecule has 5 heteroatoms. The van der Waals surface area contributed by atoms with Crippen molar-refractivity contribution in [3.63, 3.8) is 0 Å². The lowest BCUT2D eigenvalue weighted by molar-refractivity contribution is -0.00894. The Kier molecular flexibility index (Phi) is 7.08. The number of anilines is 1. The molecule has 2 aromatic carbocycles. The van der Waals surface area contributed by atoms with Crippen LogP contribution in [0.5, 0.6) is 0 Å². The van der Waals surface area contributed by atoms with Crippen LogP contribution < -0.4 is 4.90 Å². The molecule has 1 aliphatic heterocycles. The topological polar surface area (TPSA) is 48.8 Å². The van der Waals surface area contributed by atoms with Crippen LogP contribution in [-0.2, 0) is 4.74 Å². The molecule has 0 radical (unpaired) electrons. The number of pyridine rings is 1. The summed E-state index contributed by atoms with van der Waals surface area (Å²) in [6, 6.07) is 26.4. The average Bonchev–Trinajstić information content (AvgIpc) is 2.82. The Bertz CT molecular complexity index is 829. The number of benzene rings is 2. The minimum absolute atomic E-state index is 0.178. The molecule has 1 N–H and O–H groups in total. The van der Waals surface area contributed by atoms with E-state index in [1.807, 2.05) is 60.8 Å². The second-order valence-corrected chi connectivity index (χ2v) is 7.66. The van der Waals surface area contributed by atoms with Crippen molar-refractivity contribution >= 4 is 5.82 Å². The molecule has 0 amide bonds. The fraction of sp³-hybridized carbons (Fsp3) is 0.320. The van der Waals surface area contributed by atoms with Crippen molar-refractivity contribution in [2.75, 3.05) is 44.2 Å². The molecule has 30 heavy (non-hydrogen) atoms. The van der Waals surface area contributed by atoms with E-state index < -0.39 is 6.10 Å². The first-order valence-electron chi connectivity index (χ1n) is 10.6. The van der Waals surface area contributed by atoms with E-state index in [4.69, 9.17) is 4.74 Å². The van der Waals surface area contributed by atoms with Crippen LogP contribution in [0.15, 0.2) is 85.1 Å². The Morgan fingerprint density at radius 3 is 1.97 bits per heavy atom. The van der Waals surface area contributed by atoms with Crippen molar-refractivity contribution in [3.8, 4) is 0 Å². The number of ether oxygens (including phenoxy) is 1. The van der Waals surface area contributed by atoms with Gasteiger partial charge in [0.15, 0.2) is 0 Å². The maximum absolute atomic E-state index is 10.6. The summed E-state index contributed by atoms with van der Waals surface area (Å²) >= 11 is 0. The first-order valence-corrected chi connectivity index (χ1v) is 10.6. The second kappa shape index (κ2) is 10.3.